The predicted octanol–water partition coefficient (Wildman–Crippen LogP) is 1.37. The van der Waals surface area contributed by atoms with Gasteiger partial charge in [0.2, 0.25) is 5.91 Å². The Hall–Kier alpha value is -0.0900. The van der Waals surface area contributed by atoms with Gasteiger partial charge in [-0.15, -0.1) is 0 Å². The molecule has 1 rings (SSSR count). The van der Waals surface area contributed by atoms with Gasteiger partial charge in [0.15, 0.2) is 0 Å². The van der Waals surface area contributed by atoms with Crippen LogP contribution < -0.4 is 5.32 Å². The molecule has 1 amide bonds. The van der Waals surface area contributed by atoms with Gasteiger partial charge in [-0.05, 0) is 26.9 Å². The maximum atomic E-state index is 11.2. The second-order valence-corrected chi connectivity index (χ2v) is 4.80. The Labute approximate surface area is 94.4 Å². The minimum Gasteiger partial charge on any atom is -0.354 e. The van der Waals surface area contributed by atoms with Gasteiger partial charge in [-0.2, -0.15) is 0 Å². The van der Waals surface area contributed by atoms with Crippen molar-refractivity contribution >= 4 is 21.8 Å². The third-order valence-corrected chi connectivity index (χ3v) is 3.73. The molecule has 1 aliphatic carbocycles. The van der Waals surface area contributed by atoms with Gasteiger partial charge in [-0.25, -0.2) is 0 Å². The first-order chi connectivity index (χ1) is 6.60. The number of alkyl halides is 1. The van der Waals surface area contributed by atoms with Crippen LogP contribution in [0.5, 0.6) is 0 Å². The zero-order valence-corrected chi connectivity index (χ0v) is 10.6. The van der Waals surface area contributed by atoms with Crippen LogP contribution in [0.4, 0.5) is 0 Å². The molecule has 82 valence electrons. The molecule has 1 N–H and O–H groups in total. The lowest BCUT2D eigenvalue weighted by Gasteiger charge is -2.36. The van der Waals surface area contributed by atoms with Crippen LogP contribution >= 0.6 is 15.9 Å². The van der Waals surface area contributed by atoms with Gasteiger partial charge < -0.3 is 10.2 Å². The molecule has 0 unspecified atom stereocenters. The van der Waals surface area contributed by atoms with E-state index >= 15 is 0 Å². The minimum absolute atomic E-state index is 0.0816. The number of carbonyl (C=O) groups excluding carboxylic acids is 1. The van der Waals surface area contributed by atoms with Crippen molar-refractivity contribution < 1.29 is 4.79 Å². The number of likely N-dealkylation sites (N-methyl/N-ethyl adjacent to an activating group) is 1. The molecule has 0 radical (unpaired) electrons. The minimum atomic E-state index is 0.0816. The first-order valence-electron chi connectivity index (χ1n) is 5.11. The zero-order valence-electron chi connectivity index (χ0n) is 8.98. The standard InChI is InChI=1S/C10H19BrN2O/c1-13(2)10(5-3-4-6-10)8-12-9(14)7-11/h3-8H2,1-2H3,(H,12,14). The summed E-state index contributed by atoms with van der Waals surface area (Å²) in [5.74, 6) is 0.0816. The quantitative estimate of drug-likeness (QED) is 0.777. The van der Waals surface area contributed by atoms with Gasteiger partial charge in [0.1, 0.15) is 0 Å². The number of rotatable bonds is 4. The fourth-order valence-electron chi connectivity index (χ4n) is 2.13. The number of amides is 1. The summed E-state index contributed by atoms with van der Waals surface area (Å²) in [5.41, 5.74) is 0.206. The highest BCUT2D eigenvalue weighted by Crippen LogP contribution is 2.32. The fourth-order valence-corrected chi connectivity index (χ4v) is 2.32. The predicted molar refractivity (Wildman–Crippen MR) is 61.7 cm³/mol. The lowest BCUT2D eigenvalue weighted by atomic mass is 9.96. The van der Waals surface area contributed by atoms with Crippen LogP contribution in [0.2, 0.25) is 0 Å². The maximum Gasteiger partial charge on any atom is 0.230 e. The average Bonchev–Trinajstić information content (AvgIpc) is 2.64. The van der Waals surface area contributed by atoms with E-state index in [1.54, 1.807) is 0 Å². The van der Waals surface area contributed by atoms with Crippen LogP contribution in [0.25, 0.3) is 0 Å². The Morgan fingerprint density at radius 2 is 2.00 bits per heavy atom. The van der Waals surface area contributed by atoms with Gasteiger partial charge >= 0.3 is 0 Å². The number of hydrogen-bond donors (Lipinski definition) is 1. The van der Waals surface area contributed by atoms with Crippen LogP contribution in [0, 0.1) is 0 Å². The number of nitrogens with one attached hydrogen (secondary N) is 1. The fraction of sp³-hybridized carbons (Fsp3) is 0.900. The maximum absolute atomic E-state index is 11.2. The van der Waals surface area contributed by atoms with E-state index in [0.29, 0.717) is 5.33 Å². The Bertz CT molecular complexity index is 200. The molecular weight excluding hydrogens is 244 g/mol. The third-order valence-electron chi connectivity index (χ3n) is 3.22. The molecule has 0 spiro atoms. The summed E-state index contributed by atoms with van der Waals surface area (Å²) in [6.07, 6.45) is 4.95. The monoisotopic (exact) mass is 262 g/mol. The summed E-state index contributed by atoms with van der Waals surface area (Å²) in [7, 11) is 4.21. The van der Waals surface area contributed by atoms with E-state index in [0.717, 1.165) is 6.54 Å². The summed E-state index contributed by atoms with van der Waals surface area (Å²) in [4.78, 5) is 13.4. The van der Waals surface area contributed by atoms with E-state index in [2.05, 4.69) is 40.2 Å². The molecule has 0 saturated heterocycles. The Morgan fingerprint density at radius 3 is 2.43 bits per heavy atom. The van der Waals surface area contributed by atoms with Gasteiger partial charge in [0.05, 0.1) is 5.33 Å². The molecule has 14 heavy (non-hydrogen) atoms. The van der Waals surface area contributed by atoms with Crippen molar-refractivity contribution in [3.05, 3.63) is 0 Å². The molecule has 0 atom stereocenters. The topological polar surface area (TPSA) is 32.3 Å². The molecule has 1 fully saturated rings. The molecule has 0 aromatic carbocycles. The van der Waals surface area contributed by atoms with Crippen LogP contribution in [0.3, 0.4) is 0 Å². The zero-order chi connectivity index (χ0) is 10.6. The molecule has 0 aromatic rings. The molecule has 1 saturated carbocycles. The van der Waals surface area contributed by atoms with Gasteiger partial charge in [0.25, 0.3) is 0 Å². The lowest BCUT2D eigenvalue weighted by molar-refractivity contribution is -0.119. The van der Waals surface area contributed by atoms with E-state index in [1.807, 2.05) is 0 Å². The molecule has 0 bridgehead atoms. The second-order valence-electron chi connectivity index (χ2n) is 4.24. The van der Waals surface area contributed by atoms with Crippen molar-refractivity contribution in [2.24, 2.45) is 0 Å². The van der Waals surface area contributed by atoms with Crippen molar-refractivity contribution in [1.82, 2.24) is 10.2 Å². The molecular formula is C10H19BrN2O. The molecule has 0 heterocycles. The number of carbonyl (C=O) groups is 1. The number of nitrogens with zero attached hydrogens (tertiary/aromatic N) is 1. The highest BCUT2D eigenvalue weighted by atomic mass is 79.9. The molecule has 1 aliphatic rings. The first kappa shape index (κ1) is 12.0. The number of halogens is 1. The molecule has 0 aliphatic heterocycles. The molecule has 3 nitrogen and oxygen atoms in total. The summed E-state index contributed by atoms with van der Waals surface area (Å²) in [6.45, 7) is 0.782. The van der Waals surface area contributed by atoms with Crippen molar-refractivity contribution in [1.29, 1.82) is 0 Å². The van der Waals surface area contributed by atoms with Crippen LogP contribution in [-0.2, 0) is 4.79 Å². The Balaban J connectivity index is 2.48. The van der Waals surface area contributed by atoms with E-state index in [1.165, 1.54) is 25.7 Å². The summed E-state index contributed by atoms with van der Waals surface area (Å²) in [6, 6.07) is 0. The third kappa shape index (κ3) is 2.70. The lowest BCUT2D eigenvalue weighted by Crippen LogP contribution is -2.51. The SMILES string of the molecule is CN(C)C1(CNC(=O)CBr)CCCC1. The summed E-state index contributed by atoms with van der Waals surface area (Å²) in [5, 5.41) is 3.37. The van der Waals surface area contributed by atoms with Crippen molar-refractivity contribution in [3.63, 3.8) is 0 Å². The van der Waals surface area contributed by atoms with E-state index < -0.39 is 0 Å². The van der Waals surface area contributed by atoms with Crippen LogP contribution in [0.15, 0.2) is 0 Å². The second kappa shape index (κ2) is 5.12. The van der Waals surface area contributed by atoms with Crippen molar-refractivity contribution in [3.8, 4) is 0 Å². The largest absolute Gasteiger partial charge is 0.354 e. The van der Waals surface area contributed by atoms with E-state index in [4.69, 9.17) is 0 Å². The van der Waals surface area contributed by atoms with Crippen molar-refractivity contribution in [2.75, 3.05) is 26.0 Å². The highest BCUT2D eigenvalue weighted by molar-refractivity contribution is 9.09. The Kier molecular flexibility index (Phi) is 4.38. The molecule has 4 heteroatoms. The van der Waals surface area contributed by atoms with E-state index in [-0.39, 0.29) is 11.4 Å². The summed E-state index contributed by atoms with van der Waals surface area (Å²) < 4.78 is 0. The van der Waals surface area contributed by atoms with Gasteiger partial charge in [-0.1, -0.05) is 28.8 Å². The van der Waals surface area contributed by atoms with Crippen LogP contribution in [0.1, 0.15) is 25.7 Å². The number of hydrogen-bond acceptors (Lipinski definition) is 2. The van der Waals surface area contributed by atoms with Crippen LogP contribution in [-0.4, -0.2) is 42.3 Å². The van der Waals surface area contributed by atoms with E-state index in [9.17, 15) is 4.79 Å². The highest BCUT2D eigenvalue weighted by Gasteiger charge is 2.35. The average molecular weight is 263 g/mol. The summed E-state index contributed by atoms with van der Waals surface area (Å²) >= 11 is 3.15. The molecule has 0 aromatic heterocycles. The normalized spacial score (nSPS) is 20.0. The van der Waals surface area contributed by atoms with Gasteiger partial charge in [-0.3, -0.25) is 4.79 Å². The smallest absolute Gasteiger partial charge is 0.230 e. The first-order valence-corrected chi connectivity index (χ1v) is 6.23. The van der Waals surface area contributed by atoms with Gasteiger partial charge in [0, 0.05) is 12.1 Å². The Morgan fingerprint density at radius 1 is 1.43 bits per heavy atom. The van der Waals surface area contributed by atoms with Crippen molar-refractivity contribution in [2.45, 2.75) is 31.2 Å².